The summed E-state index contributed by atoms with van der Waals surface area (Å²) in [6, 6.07) is 17.1. The molecule has 1 N–H and O–H groups in total. The molecule has 0 radical (unpaired) electrons. The van der Waals surface area contributed by atoms with E-state index in [1.54, 1.807) is 42.5 Å². The molecule has 3 aromatic rings. The molecule has 0 saturated carbocycles. The number of anilines is 2. The molecule has 3 aromatic carbocycles. The molecule has 0 spiro atoms. The van der Waals surface area contributed by atoms with Crippen LogP contribution in [-0.4, -0.2) is 33.1 Å². The molecular formula is C25H21FN2O5. The zero-order valence-corrected chi connectivity index (χ0v) is 18.2. The van der Waals surface area contributed by atoms with Gasteiger partial charge in [0.1, 0.15) is 17.3 Å². The van der Waals surface area contributed by atoms with Gasteiger partial charge in [-0.25, -0.2) is 9.29 Å². The molecule has 0 atom stereocenters. The summed E-state index contributed by atoms with van der Waals surface area (Å²) in [6.07, 6.45) is 0. The van der Waals surface area contributed by atoms with Crippen molar-refractivity contribution in [3.05, 3.63) is 83.8 Å². The average molecular weight is 448 g/mol. The quantitative estimate of drug-likeness (QED) is 0.545. The summed E-state index contributed by atoms with van der Waals surface area (Å²) in [5.41, 5.74) is 1.37. The summed E-state index contributed by atoms with van der Waals surface area (Å²) in [7, 11) is 4.55. The Bertz CT molecular complexity index is 1250. The average Bonchev–Trinajstić information content (AvgIpc) is 3.08. The summed E-state index contributed by atoms with van der Waals surface area (Å²) in [5.74, 6) is -0.159. The number of nitrogens with zero attached hydrogens (tertiary/aromatic N) is 1. The van der Waals surface area contributed by atoms with Crippen molar-refractivity contribution in [1.82, 2.24) is 0 Å². The van der Waals surface area contributed by atoms with Crippen LogP contribution < -0.4 is 24.4 Å². The molecule has 0 fully saturated rings. The van der Waals surface area contributed by atoms with E-state index in [9.17, 15) is 14.0 Å². The number of carbonyl (C=O) groups is 2. The SMILES string of the molecule is COc1ccc(C2=C(Nc3ccc(OC)c(OC)c3)C(=O)N(c3cccc(F)c3)C2=O)cc1. The van der Waals surface area contributed by atoms with Gasteiger partial charge < -0.3 is 19.5 Å². The van der Waals surface area contributed by atoms with Crippen LogP contribution in [0.3, 0.4) is 0 Å². The van der Waals surface area contributed by atoms with E-state index in [1.165, 1.54) is 39.5 Å². The summed E-state index contributed by atoms with van der Waals surface area (Å²) in [6.45, 7) is 0. The van der Waals surface area contributed by atoms with Gasteiger partial charge in [0.15, 0.2) is 11.5 Å². The van der Waals surface area contributed by atoms with Gasteiger partial charge in [0.25, 0.3) is 11.8 Å². The molecule has 168 valence electrons. The van der Waals surface area contributed by atoms with E-state index >= 15 is 0 Å². The number of halogens is 1. The molecule has 33 heavy (non-hydrogen) atoms. The van der Waals surface area contributed by atoms with E-state index in [0.29, 0.717) is 28.5 Å². The molecule has 0 aromatic heterocycles. The molecule has 2 amide bonds. The first-order chi connectivity index (χ1) is 16.0. The fourth-order valence-corrected chi connectivity index (χ4v) is 3.58. The van der Waals surface area contributed by atoms with Crippen molar-refractivity contribution in [1.29, 1.82) is 0 Å². The minimum Gasteiger partial charge on any atom is -0.497 e. The lowest BCUT2D eigenvalue weighted by Crippen LogP contribution is -2.32. The summed E-state index contributed by atoms with van der Waals surface area (Å²) >= 11 is 0. The number of hydrogen-bond donors (Lipinski definition) is 1. The smallest absolute Gasteiger partial charge is 0.282 e. The van der Waals surface area contributed by atoms with Crippen LogP contribution in [-0.2, 0) is 9.59 Å². The van der Waals surface area contributed by atoms with Crippen LogP contribution in [0.2, 0.25) is 0 Å². The minimum atomic E-state index is -0.605. The van der Waals surface area contributed by atoms with Crippen LogP contribution in [0, 0.1) is 5.82 Å². The van der Waals surface area contributed by atoms with Gasteiger partial charge in [-0.2, -0.15) is 0 Å². The second-order valence-electron chi connectivity index (χ2n) is 7.10. The lowest BCUT2D eigenvalue weighted by Gasteiger charge is -2.15. The van der Waals surface area contributed by atoms with Gasteiger partial charge in [-0.1, -0.05) is 18.2 Å². The standard InChI is InChI=1S/C25H21FN2O5/c1-31-19-10-7-15(8-11-19)22-23(27-17-9-12-20(32-2)21(14-17)33-3)25(30)28(24(22)29)18-6-4-5-16(26)13-18/h4-14,27H,1-3H3. The van der Waals surface area contributed by atoms with Crippen molar-refractivity contribution < 1.29 is 28.2 Å². The first kappa shape index (κ1) is 21.9. The fraction of sp³-hybridized carbons (Fsp3) is 0.120. The highest BCUT2D eigenvalue weighted by molar-refractivity contribution is 6.46. The number of amides is 2. The lowest BCUT2D eigenvalue weighted by atomic mass is 10.0. The first-order valence-electron chi connectivity index (χ1n) is 9.99. The third-order valence-corrected chi connectivity index (χ3v) is 5.18. The van der Waals surface area contributed by atoms with Crippen LogP contribution in [0.25, 0.3) is 5.57 Å². The van der Waals surface area contributed by atoms with Crippen molar-refractivity contribution in [2.24, 2.45) is 0 Å². The number of rotatable bonds is 7. The number of hydrogen-bond acceptors (Lipinski definition) is 6. The Morgan fingerprint density at radius 3 is 2.15 bits per heavy atom. The third-order valence-electron chi connectivity index (χ3n) is 5.18. The van der Waals surface area contributed by atoms with Gasteiger partial charge in [-0.05, 0) is 48.0 Å². The van der Waals surface area contributed by atoms with Crippen molar-refractivity contribution in [2.75, 3.05) is 31.5 Å². The maximum absolute atomic E-state index is 13.9. The highest BCUT2D eigenvalue weighted by atomic mass is 19.1. The Kier molecular flexibility index (Phi) is 5.99. The molecule has 4 rings (SSSR count). The van der Waals surface area contributed by atoms with Gasteiger partial charge in [0.05, 0.1) is 32.6 Å². The van der Waals surface area contributed by atoms with E-state index in [4.69, 9.17) is 14.2 Å². The predicted octanol–water partition coefficient (Wildman–Crippen LogP) is 4.25. The van der Waals surface area contributed by atoms with Gasteiger partial charge in [-0.15, -0.1) is 0 Å². The molecule has 0 saturated heterocycles. The van der Waals surface area contributed by atoms with Gasteiger partial charge in [0.2, 0.25) is 0 Å². The van der Waals surface area contributed by atoms with Crippen molar-refractivity contribution >= 4 is 28.8 Å². The predicted molar refractivity (Wildman–Crippen MR) is 122 cm³/mol. The van der Waals surface area contributed by atoms with E-state index in [-0.39, 0.29) is 17.0 Å². The van der Waals surface area contributed by atoms with E-state index in [0.717, 1.165) is 11.0 Å². The molecule has 8 heteroatoms. The number of ether oxygens (including phenoxy) is 3. The first-order valence-corrected chi connectivity index (χ1v) is 9.99. The number of benzene rings is 3. The largest absolute Gasteiger partial charge is 0.497 e. The Labute approximate surface area is 190 Å². The van der Waals surface area contributed by atoms with E-state index in [2.05, 4.69) is 5.32 Å². The van der Waals surface area contributed by atoms with Crippen molar-refractivity contribution in [3.8, 4) is 17.2 Å². The van der Waals surface area contributed by atoms with E-state index < -0.39 is 17.6 Å². The molecule has 1 aliphatic heterocycles. The molecule has 0 unspecified atom stereocenters. The Morgan fingerprint density at radius 2 is 1.52 bits per heavy atom. The molecule has 1 heterocycles. The Morgan fingerprint density at radius 1 is 0.788 bits per heavy atom. The molecule has 0 aliphatic carbocycles. The van der Waals surface area contributed by atoms with E-state index in [1.807, 2.05) is 0 Å². The third kappa shape index (κ3) is 4.10. The highest BCUT2D eigenvalue weighted by Crippen LogP contribution is 2.36. The number of imide groups is 1. The number of methoxy groups -OCH3 is 3. The van der Waals surface area contributed by atoms with Crippen LogP contribution in [0.4, 0.5) is 15.8 Å². The maximum atomic E-state index is 13.9. The number of carbonyl (C=O) groups excluding carboxylic acids is 2. The summed E-state index contributed by atoms with van der Waals surface area (Å²) < 4.78 is 29.6. The number of nitrogens with one attached hydrogen (secondary N) is 1. The monoisotopic (exact) mass is 448 g/mol. The molecule has 0 bridgehead atoms. The molecular weight excluding hydrogens is 427 g/mol. The van der Waals surface area contributed by atoms with Crippen LogP contribution >= 0.6 is 0 Å². The zero-order chi connectivity index (χ0) is 23.5. The Hall–Kier alpha value is -4.33. The van der Waals surface area contributed by atoms with Crippen LogP contribution in [0.1, 0.15) is 5.56 Å². The van der Waals surface area contributed by atoms with Crippen molar-refractivity contribution in [3.63, 3.8) is 0 Å². The molecule has 1 aliphatic rings. The van der Waals surface area contributed by atoms with Gasteiger partial charge >= 0.3 is 0 Å². The summed E-state index contributed by atoms with van der Waals surface area (Å²) in [5, 5.41) is 3.05. The molecule has 7 nitrogen and oxygen atoms in total. The normalized spacial score (nSPS) is 13.4. The van der Waals surface area contributed by atoms with Crippen molar-refractivity contribution in [2.45, 2.75) is 0 Å². The summed E-state index contributed by atoms with van der Waals surface area (Å²) in [4.78, 5) is 27.8. The minimum absolute atomic E-state index is 0.0571. The maximum Gasteiger partial charge on any atom is 0.282 e. The van der Waals surface area contributed by atoms with Crippen LogP contribution in [0.15, 0.2) is 72.4 Å². The topological polar surface area (TPSA) is 77.1 Å². The van der Waals surface area contributed by atoms with Crippen LogP contribution in [0.5, 0.6) is 17.2 Å². The Balaban J connectivity index is 1.81. The van der Waals surface area contributed by atoms with Gasteiger partial charge in [0, 0.05) is 11.8 Å². The van der Waals surface area contributed by atoms with Gasteiger partial charge in [-0.3, -0.25) is 9.59 Å². The highest BCUT2D eigenvalue weighted by Gasteiger charge is 2.40. The second kappa shape index (κ2) is 9.04. The lowest BCUT2D eigenvalue weighted by molar-refractivity contribution is -0.120. The second-order valence-corrected chi connectivity index (χ2v) is 7.10. The fourth-order valence-electron chi connectivity index (χ4n) is 3.58. The zero-order valence-electron chi connectivity index (χ0n) is 18.2.